The van der Waals surface area contributed by atoms with Crippen LogP contribution in [-0.4, -0.2) is 5.78 Å². The first-order valence-corrected chi connectivity index (χ1v) is 4.51. The van der Waals surface area contributed by atoms with E-state index in [0.717, 1.165) is 0 Å². The number of rotatable bonds is 2. The molecule has 1 rings (SSSR count). The van der Waals surface area contributed by atoms with Crippen LogP contribution in [0.15, 0.2) is 12.1 Å². The number of hydrogen-bond acceptors (Lipinski definition) is 3. The topological polar surface area (TPSA) is 40.9 Å². The molecule has 62 valence electrons. The average Bonchev–Trinajstić information content (AvgIpc) is 2.50. The van der Waals surface area contributed by atoms with Crippen molar-refractivity contribution in [2.45, 2.75) is 13.8 Å². The first-order chi connectivity index (χ1) is 5.65. The van der Waals surface area contributed by atoms with E-state index in [1.54, 1.807) is 12.1 Å². The molecule has 0 N–H and O–H groups in total. The Bertz CT molecular complexity index is 333. The number of nitriles is 1. The molecule has 12 heavy (non-hydrogen) atoms. The standard InChI is InChI=1S/C9H9NOS/c1-6(2)9(11)8-4-3-7(5-10)12-8/h3-4,6H,1-2H3. The van der Waals surface area contributed by atoms with Crippen molar-refractivity contribution in [1.82, 2.24) is 0 Å². The molecule has 0 bridgehead atoms. The minimum absolute atomic E-state index is 0.00944. The Morgan fingerprint density at radius 2 is 2.25 bits per heavy atom. The highest BCUT2D eigenvalue weighted by atomic mass is 32.1. The number of carbonyl (C=O) groups is 1. The monoisotopic (exact) mass is 179 g/mol. The normalized spacial score (nSPS) is 9.83. The van der Waals surface area contributed by atoms with E-state index in [0.29, 0.717) is 9.75 Å². The van der Waals surface area contributed by atoms with Gasteiger partial charge in [0.2, 0.25) is 0 Å². The molecule has 0 aliphatic heterocycles. The van der Waals surface area contributed by atoms with Crippen LogP contribution in [0.1, 0.15) is 28.4 Å². The Morgan fingerprint density at radius 3 is 2.67 bits per heavy atom. The Labute approximate surface area is 75.5 Å². The largest absolute Gasteiger partial charge is 0.293 e. The lowest BCUT2D eigenvalue weighted by Crippen LogP contribution is -2.04. The van der Waals surface area contributed by atoms with Gasteiger partial charge in [0.25, 0.3) is 0 Å². The van der Waals surface area contributed by atoms with Crippen LogP contribution in [0.4, 0.5) is 0 Å². The molecular weight excluding hydrogens is 170 g/mol. The minimum atomic E-state index is 0.00944. The van der Waals surface area contributed by atoms with Crippen molar-refractivity contribution in [3.05, 3.63) is 21.9 Å². The first kappa shape index (κ1) is 8.95. The van der Waals surface area contributed by atoms with Crippen molar-refractivity contribution in [3.8, 4) is 6.07 Å². The van der Waals surface area contributed by atoms with Crippen LogP contribution in [0.25, 0.3) is 0 Å². The molecule has 1 aromatic rings. The first-order valence-electron chi connectivity index (χ1n) is 3.69. The van der Waals surface area contributed by atoms with Gasteiger partial charge in [-0.05, 0) is 12.1 Å². The summed E-state index contributed by atoms with van der Waals surface area (Å²) < 4.78 is 0. The Kier molecular flexibility index (Phi) is 2.61. The van der Waals surface area contributed by atoms with Gasteiger partial charge in [-0.25, -0.2) is 0 Å². The summed E-state index contributed by atoms with van der Waals surface area (Å²) in [5.41, 5.74) is 0. The second kappa shape index (κ2) is 3.51. The van der Waals surface area contributed by atoms with Gasteiger partial charge in [-0.3, -0.25) is 4.79 Å². The SMILES string of the molecule is CC(C)C(=O)c1ccc(C#N)s1. The molecule has 0 amide bonds. The average molecular weight is 179 g/mol. The molecule has 0 fully saturated rings. The molecule has 0 saturated carbocycles. The predicted molar refractivity (Wildman–Crippen MR) is 48.2 cm³/mol. The fourth-order valence-corrected chi connectivity index (χ4v) is 1.71. The molecule has 0 aliphatic rings. The van der Waals surface area contributed by atoms with E-state index in [2.05, 4.69) is 0 Å². The summed E-state index contributed by atoms with van der Waals surface area (Å²) in [5.74, 6) is 0.122. The smallest absolute Gasteiger partial charge is 0.175 e. The van der Waals surface area contributed by atoms with Gasteiger partial charge in [-0.15, -0.1) is 11.3 Å². The fourth-order valence-electron chi connectivity index (χ4n) is 0.815. The summed E-state index contributed by atoms with van der Waals surface area (Å²) in [6, 6.07) is 5.40. The third-order valence-corrected chi connectivity index (χ3v) is 2.49. The molecular formula is C9H9NOS. The van der Waals surface area contributed by atoms with E-state index in [-0.39, 0.29) is 11.7 Å². The van der Waals surface area contributed by atoms with Gasteiger partial charge in [0.05, 0.1) is 4.88 Å². The number of hydrogen-bond donors (Lipinski definition) is 0. The van der Waals surface area contributed by atoms with Crippen LogP contribution in [0.2, 0.25) is 0 Å². The fraction of sp³-hybridized carbons (Fsp3) is 0.333. The second-order valence-corrected chi connectivity index (χ2v) is 3.88. The van der Waals surface area contributed by atoms with E-state index in [4.69, 9.17) is 5.26 Å². The van der Waals surface area contributed by atoms with Crippen molar-refractivity contribution < 1.29 is 4.79 Å². The van der Waals surface area contributed by atoms with Crippen LogP contribution < -0.4 is 0 Å². The summed E-state index contributed by atoms with van der Waals surface area (Å²) in [6.07, 6.45) is 0. The molecule has 0 aliphatic carbocycles. The lowest BCUT2D eigenvalue weighted by atomic mass is 10.1. The lowest BCUT2D eigenvalue weighted by Gasteiger charge is -1.98. The summed E-state index contributed by atoms with van der Waals surface area (Å²) in [4.78, 5) is 12.7. The van der Waals surface area contributed by atoms with Crippen molar-refractivity contribution in [2.75, 3.05) is 0 Å². The molecule has 0 spiro atoms. The van der Waals surface area contributed by atoms with E-state index in [9.17, 15) is 4.79 Å². The number of nitrogens with zero attached hydrogens (tertiary/aromatic N) is 1. The quantitative estimate of drug-likeness (QED) is 0.654. The Morgan fingerprint density at radius 1 is 1.58 bits per heavy atom. The highest BCUT2D eigenvalue weighted by molar-refractivity contribution is 7.14. The van der Waals surface area contributed by atoms with Gasteiger partial charge >= 0.3 is 0 Å². The maximum Gasteiger partial charge on any atom is 0.175 e. The van der Waals surface area contributed by atoms with Crippen molar-refractivity contribution in [2.24, 2.45) is 5.92 Å². The van der Waals surface area contributed by atoms with Crippen LogP contribution in [0.3, 0.4) is 0 Å². The summed E-state index contributed by atoms with van der Waals surface area (Å²) in [5, 5.41) is 8.52. The van der Waals surface area contributed by atoms with Gasteiger partial charge in [0, 0.05) is 5.92 Å². The van der Waals surface area contributed by atoms with Gasteiger partial charge in [0.1, 0.15) is 10.9 Å². The zero-order chi connectivity index (χ0) is 9.14. The molecule has 0 aromatic carbocycles. The Hall–Kier alpha value is -1.14. The lowest BCUT2D eigenvalue weighted by molar-refractivity contribution is 0.0943. The Balaban J connectivity index is 2.91. The third-order valence-electron chi connectivity index (χ3n) is 1.48. The molecule has 0 unspecified atom stereocenters. The van der Waals surface area contributed by atoms with Crippen molar-refractivity contribution in [3.63, 3.8) is 0 Å². The van der Waals surface area contributed by atoms with Gasteiger partial charge < -0.3 is 0 Å². The zero-order valence-electron chi connectivity index (χ0n) is 7.00. The minimum Gasteiger partial charge on any atom is -0.293 e. The number of carbonyl (C=O) groups excluding carboxylic acids is 1. The number of thiophene rings is 1. The summed E-state index contributed by atoms with van der Waals surface area (Å²) >= 11 is 1.26. The summed E-state index contributed by atoms with van der Waals surface area (Å²) in [6.45, 7) is 3.71. The number of Topliss-reactive ketones (excluding diaryl/α,β-unsaturated/α-hetero) is 1. The van der Waals surface area contributed by atoms with Crippen LogP contribution in [0, 0.1) is 17.2 Å². The molecule has 0 atom stereocenters. The molecule has 1 heterocycles. The van der Waals surface area contributed by atoms with Crippen LogP contribution in [-0.2, 0) is 0 Å². The highest BCUT2D eigenvalue weighted by Crippen LogP contribution is 2.18. The van der Waals surface area contributed by atoms with E-state index >= 15 is 0 Å². The van der Waals surface area contributed by atoms with E-state index in [1.807, 2.05) is 19.9 Å². The van der Waals surface area contributed by atoms with Gasteiger partial charge in [-0.2, -0.15) is 5.26 Å². The van der Waals surface area contributed by atoms with E-state index in [1.165, 1.54) is 11.3 Å². The van der Waals surface area contributed by atoms with Crippen LogP contribution >= 0.6 is 11.3 Å². The third kappa shape index (κ3) is 1.72. The van der Waals surface area contributed by atoms with Crippen molar-refractivity contribution in [1.29, 1.82) is 5.26 Å². The molecule has 3 heteroatoms. The zero-order valence-corrected chi connectivity index (χ0v) is 7.81. The maximum atomic E-state index is 11.4. The molecule has 0 saturated heterocycles. The molecule has 0 radical (unpaired) electrons. The number of ketones is 1. The van der Waals surface area contributed by atoms with E-state index < -0.39 is 0 Å². The second-order valence-electron chi connectivity index (χ2n) is 2.79. The highest BCUT2D eigenvalue weighted by Gasteiger charge is 2.12. The van der Waals surface area contributed by atoms with Gasteiger partial charge in [0.15, 0.2) is 5.78 Å². The van der Waals surface area contributed by atoms with Gasteiger partial charge in [-0.1, -0.05) is 13.8 Å². The molecule has 2 nitrogen and oxygen atoms in total. The molecule has 1 aromatic heterocycles. The van der Waals surface area contributed by atoms with Crippen molar-refractivity contribution >= 4 is 17.1 Å². The maximum absolute atomic E-state index is 11.4. The van der Waals surface area contributed by atoms with Crippen LogP contribution in [0.5, 0.6) is 0 Å². The summed E-state index contributed by atoms with van der Waals surface area (Å²) in [7, 11) is 0. The predicted octanol–water partition coefficient (Wildman–Crippen LogP) is 2.46.